The molecular formula is C17H16N4O3S2. The van der Waals surface area contributed by atoms with Crippen LogP contribution in [0.3, 0.4) is 0 Å². The zero-order valence-corrected chi connectivity index (χ0v) is 15.3. The van der Waals surface area contributed by atoms with Crippen molar-refractivity contribution < 1.29 is 13.2 Å². The van der Waals surface area contributed by atoms with Gasteiger partial charge in [0.2, 0.25) is 15.9 Å². The standard InChI is InChI=1S/C17H16N4O3S2/c18-26(23,24)15-5-3-12(4-6-15)9-20-16(22)8-14-11-25-17(21-14)13-2-1-7-19-10-13/h1-7,10-11H,8-9H2,(H,20,22)(H2,18,23,24). The summed E-state index contributed by atoms with van der Waals surface area (Å²) in [6.45, 7) is 0.295. The Bertz CT molecular complexity index is 1000. The number of nitrogens with one attached hydrogen (secondary N) is 1. The molecule has 2 aromatic heterocycles. The molecule has 7 nitrogen and oxygen atoms in total. The normalized spacial score (nSPS) is 11.3. The minimum atomic E-state index is -3.71. The smallest absolute Gasteiger partial charge is 0.238 e. The predicted molar refractivity (Wildman–Crippen MR) is 98.7 cm³/mol. The number of pyridine rings is 1. The average molecular weight is 388 g/mol. The molecule has 3 rings (SSSR count). The lowest BCUT2D eigenvalue weighted by Crippen LogP contribution is -2.24. The van der Waals surface area contributed by atoms with Crippen LogP contribution in [0.25, 0.3) is 10.6 Å². The highest BCUT2D eigenvalue weighted by atomic mass is 32.2. The van der Waals surface area contributed by atoms with Crippen molar-refractivity contribution in [2.45, 2.75) is 17.9 Å². The number of hydrogen-bond acceptors (Lipinski definition) is 6. The molecule has 0 aliphatic carbocycles. The summed E-state index contributed by atoms with van der Waals surface area (Å²) in [5.41, 5.74) is 2.38. The summed E-state index contributed by atoms with van der Waals surface area (Å²) >= 11 is 1.46. The van der Waals surface area contributed by atoms with Gasteiger partial charge in [-0.25, -0.2) is 18.5 Å². The number of aromatic nitrogens is 2. The molecule has 0 unspecified atom stereocenters. The molecular weight excluding hydrogens is 372 g/mol. The number of nitrogens with two attached hydrogens (primary N) is 1. The number of rotatable bonds is 6. The molecule has 0 spiro atoms. The molecule has 0 aliphatic heterocycles. The summed E-state index contributed by atoms with van der Waals surface area (Å²) in [5, 5.41) is 10.5. The molecule has 3 aromatic rings. The van der Waals surface area contributed by atoms with E-state index in [1.807, 2.05) is 17.5 Å². The molecule has 0 radical (unpaired) electrons. The maximum atomic E-state index is 12.1. The van der Waals surface area contributed by atoms with E-state index in [2.05, 4.69) is 15.3 Å². The number of thiazole rings is 1. The fourth-order valence-electron chi connectivity index (χ4n) is 2.23. The molecule has 3 N–H and O–H groups in total. The Kier molecular flexibility index (Phi) is 5.40. The van der Waals surface area contributed by atoms with Crippen LogP contribution in [0.15, 0.2) is 59.1 Å². The number of carbonyl (C=O) groups excluding carboxylic acids is 1. The van der Waals surface area contributed by atoms with E-state index in [9.17, 15) is 13.2 Å². The molecule has 26 heavy (non-hydrogen) atoms. The molecule has 2 heterocycles. The Labute approximate surface area is 155 Å². The molecule has 0 fully saturated rings. The summed E-state index contributed by atoms with van der Waals surface area (Å²) in [4.78, 5) is 20.6. The van der Waals surface area contributed by atoms with Gasteiger partial charge in [-0.1, -0.05) is 12.1 Å². The third-order valence-electron chi connectivity index (χ3n) is 3.54. The highest BCUT2D eigenvalue weighted by molar-refractivity contribution is 7.89. The van der Waals surface area contributed by atoms with Gasteiger partial charge in [0.1, 0.15) is 5.01 Å². The van der Waals surface area contributed by atoms with Gasteiger partial charge in [0.05, 0.1) is 17.0 Å². The second-order valence-electron chi connectivity index (χ2n) is 5.53. The van der Waals surface area contributed by atoms with Crippen molar-refractivity contribution in [2.24, 2.45) is 5.14 Å². The largest absolute Gasteiger partial charge is 0.352 e. The monoisotopic (exact) mass is 388 g/mol. The van der Waals surface area contributed by atoms with E-state index in [1.165, 1.54) is 23.5 Å². The van der Waals surface area contributed by atoms with Crippen LogP contribution in [0.1, 0.15) is 11.3 Å². The lowest BCUT2D eigenvalue weighted by molar-refractivity contribution is -0.120. The van der Waals surface area contributed by atoms with E-state index in [0.29, 0.717) is 12.2 Å². The van der Waals surface area contributed by atoms with Crippen LogP contribution in [0, 0.1) is 0 Å². The number of nitrogens with zero attached hydrogens (tertiary/aromatic N) is 2. The van der Waals surface area contributed by atoms with E-state index in [1.54, 1.807) is 24.5 Å². The second-order valence-corrected chi connectivity index (χ2v) is 7.95. The van der Waals surface area contributed by atoms with Crippen LogP contribution in [0.5, 0.6) is 0 Å². The van der Waals surface area contributed by atoms with Crippen molar-refractivity contribution in [1.29, 1.82) is 0 Å². The fourth-order valence-corrected chi connectivity index (χ4v) is 3.56. The molecule has 0 saturated carbocycles. The van der Waals surface area contributed by atoms with E-state index in [4.69, 9.17) is 5.14 Å². The summed E-state index contributed by atoms with van der Waals surface area (Å²) < 4.78 is 22.4. The van der Waals surface area contributed by atoms with Gasteiger partial charge in [-0.2, -0.15) is 0 Å². The van der Waals surface area contributed by atoms with Crippen molar-refractivity contribution in [1.82, 2.24) is 15.3 Å². The third-order valence-corrected chi connectivity index (χ3v) is 5.41. The number of amides is 1. The molecule has 0 aliphatic rings. The second kappa shape index (κ2) is 7.73. The topological polar surface area (TPSA) is 115 Å². The molecule has 0 atom stereocenters. The highest BCUT2D eigenvalue weighted by Gasteiger charge is 2.10. The molecule has 134 valence electrons. The molecule has 0 saturated heterocycles. The van der Waals surface area contributed by atoms with Gasteiger partial charge in [0.15, 0.2) is 0 Å². The minimum Gasteiger partial charge on any atom is -0.352 e. The van der Waals surface area contributed by atoms with Gasteiger partial charge in [0.25, 0.3) is 0 Å². The lowest BCUT2D eigenvalue weighted by Gasteiger charge is -2.05. The Balaban J connectivity index is 1.55. The number of primary sulfonamides is 1. The Hall–Kier alpha value is -2.62. The SMILES string of the molecule is NS(=O)(=O)c1ccc(CNC(=O)Cc2csc(-c3cccnc3)n2)cc1. The van der Waals surface area contributed by atoms with Crippen molar-refractivity contribution >= 4 is 27.3 Å². The van der Waals surface area contributed by atoms with E-state index in [-0.39, 0.29) is 17.2 Å². The van der Waals surface area contributed by atoms with Crippen LogP contribution in [0.4, 0.5) is 0 Å². The van der Waals surface area contributed by atoms with Crippen LogP contribution in [-0.2, 0) is 27.8 Å². The first-order valence-corrected chi connectivity index (χ1v) is 10.1. The van der Waals surface area contributed by atoms with Crippen molar-refractivity contribution in [2.75, 3.05) is 0 Å². The predicted octanol–water partition coefficient (Wildman–Crippen LogP) is 1.71. The first-order chi connectivity index (χ1) is 12.4. The van der Waals surface area contributed by atoms with E-state index in [0.717, 1.165) is 16.1 Å². The lowest BCUT2D eigenvalue weighted by atomic mass is 10.2. The summed E-state index contributed by atoms with van der Waals surface area (Å²) in [7, 11) is -3.71. The Morgan fingerprint density at radius 1 is 1.19 bits per heavy atom. The maximum absolute atomic E-state index is 12.1. The Morgan fingerprint density at radius 2 is 1.96 bits per heavy atom. The average Bonchev–Trinajstić information content (AvgIpc) is 3.09. The van der Waals surface area contributed by atoms with Crippen molar-refractivity contribution in [3.63, 3.8) is 0 Å². The number of carbonyl (C=O) groups is 1. The van der Waals surface area contributed by atoms with Crippen LogP contribution < -0.4 is 10.5 Å². The maximum Gasteiger partial charge on any atom is 0.238 e. The quantitative estimate of drug-likeness (QED) is 0.667. The van der Waals surface area contributed by atoms with Gasteiger partial charge >= 0.3 is 0 Å². The third kappa shape index (κ3) is 4.72. The van der Waals surface area contributed by atoms with Crippen LogP contribution in [0.2, 0.25) is 0 Å². The fraction of sp³-hybridized carbons (Fsp3) is 0.118. The highest BCUT2D eigenvalue weighted by Crippen LogP contribution is 2.22. The van der Waals surface area contributed by atoms with Crippen molar-refractivity contribution in [3.8, 4) is 10.6 Å². The first kappa shape index (κ1) is 18.2. The summed E-state index contributed by atoms with van der Waals surface area (Å²) in [5.74, 6) is -0.163. The summed E-state index contributed by atoms with van der Waals surface area (Å²) in [6.07, 6.45) is 3.60. The number of hydrogen-bond donors (Lipinski definition) is 2. The van der Waals surface area contributed by atoms with Gasteiger partial charge < -0.3 is 5.32 Å². The van der Waals surface area contributed by atoms with E-state index < -0.39 is 10.0 Å². The Morgan fingerprint density at radius 3 is 2.62 bits per heavy atom. The molecule has 0 bridgehead atoms. The summed E-state index contributed by atoms with van der Waals surface area (Å²) in [6, 6.07) is 9.81. The molecule has 9 heteroatoms. The first-order valence-electron chi connectivity index (χ1n) is 7.65. The van der Waals surface area contributed by atoms with E-state index >= 15 is 0 Å². The van der Waals surface area contributed by atoms with Gasteiger partial charge in [-0.05, 0) is 29.8 Å². The van der Waals surface area contributed by atoms with Gasteiger partial charge in [0, 0.05) is 29.9 Å². The van der Waals surface area contributed by atoms with Crippen molar-refractivity contribution in [3.05, 3.63) is 65.4 Å². The van der Waals surface area contributed by atoms with Gasteiger partial charge in [-0.15, -0.1) is 11.3 Å². The zero-order chi connectivity index (χ0) is 18.6. The van der Waals surface area contributed by atoms with Crippen LogP contribution >= 0.6 is 11.3 Å². The minimum absolute atomic E-state index is 0.0398. The molecule has 1 aromatic carbocycles. The van der Waals surface area contributed by atoms with Crippen LogP contribution in [-0.4, -0.2) is 24.3 Å². The zero-order valence-electron chi connectivity index (χ0n) is 13.6. The van der Waals surface area contributed by atoms with Gasteiger partial charge in [-0.3, -0.25) is 9.78 Å². The number of benzene rings is 1. The number of sulfonamides is 1. The molecule has 1 amide bonds.